The van der Waals surface area contributed by atoms with Crippen molar-refractivity contribution in [2.45, 2.75) is 20.8 Å². The second kappa shape index (κ2) is 7.87. The van der Waals surface area contributed by atoms with Gasteiger partial charge in [-0.15, -0.1) is 0 Å². The van der Waals surface area contributed by atoms with Crippen molar-refractivity contribution in [1.29, 1.82) is 0 Å². The summed E-state index contributed by atoms with van der Waals surface area (Å²) in [5.41, 5.74) is 5.46. The Labute approximate surface area is 168 Å². The van der Waals surface area contributed by atoms with Crippen molar-refractivity contribution in [2.75, 3.05) is 5.32 Å². The quantitative estimate of drug-likeness (QED) is 0.581. The second-order valence-electron chi connectivity index (χ2n) is 6.78. The van der Waals surface area contributed by atoms with Crippen molar-refractivity contribution in [3.8, 4) is 11.1 Å². The molecule has 0 spiro atoms. The van der Waals surface area contributed by atoms with Crippen LogP contribution in [0.2, 0.25) is 5.02 Å². The van der Waals surface area contributed by atoms with E-state index < -0.39 is 5.97 Å². The number of anilines is 1. The highest BCUT2D eigenvalue weighted by Crippen LogP contribution is 2.27. The van der Waals surface area contributed by atoms with Crippen LogP contribution >= 0.6 is 11.6 Å². The topological polar surface area (TPSA) is 66.4 Å². The van der Waals surface area contributed by atoms with E-state index in [2.05, 4.69) is 5.32 Å². The largest absolute Gasteiger partial charge is 0.478 e. The summed E-state index contributed by atoms with van der Waals surface area (Å²) >= 11 is 6.08. The van der Waals surface area contributed by atoms with E-state index >= 15 is 0 Å². The normalized spacial score (nSPS) is 10.6. The lowest BCUT2D eigenvalue weighted by molar-refractivity contribution is 0.0696. The summed E-state index contributed by atoms with van der Waals surface area (Å²) in [4.78, 5) is 24.2. The van der Waals surface area contributed by atoms with E-state index in [0.29, 0.717) is 27.4 Å². The molecule has 0 atom stereocenters. The van der Waals surface area contributed by atoms with Gasteiger partial charge in [0.15, 0.2) is 0 Å². The minimum Gasteiger partial charge on any atom is -0.478 e. The Morgan fingerprint density at radius 3 is 2.11 bits per heavy atom. The molecule has 0 fully saturated rings. The smallest absolute Gasteiger partial charge is 0.335 e. The molecule has 0 bridgehead atoms. The maximum Gasteiger partial charge on any atom is 0.335 e. The number of carbonyl (C=O) groups is 2. The first-order valence-electron chi connectivity index (χ1n) is 8.78. The minimum atomic E-state index is -0.992. The number of carboxylic acid groups (broad SMARTS) is 1. The van der Waals surface area contributed by atoms with Gasteiger partial charge < -0.3 is 10.4 Å². The molecule has 2 N–H and O–H groups in total. The number of hydrogen-bond acceptors (Lipinski definition) is 2. The number of benzene rings is 3. The molecule has 3 rings (SSSR count). The van der Waals surface area contributed by atoms with E-state index in [4.69, 9.17) is 11.6 Å². The van der Waals surface area contributed by atoms with E-state index in [1.165, 1.54) is 0 Å². The van der Waals surface area contributed by atoms with Crippen molar-refractivity contribution in [1.82, 2.24) is 0 Å². The molecule has 0 aliphatic heterocycles. The van der Waals surface area contributed by atoms with Crippen molar-refractivity contribution in [3.05, 3.63) is 87.4 Å². The third-order valence-corrected chi connectivity index (χ3v) is 4.89. The number of aryl methyl sites for hydroxylation is 3. The zero-order valence-corrected chi connectivity index (χ0v) is 16.6. The number of aromatic carboxylic acids is 1. The van der Waals surface area contributed by atoms with E-state index in [-0.39, 0.29) is 11.5 Å². The fourth-order valence-corrected chi connectivity index (χ4v) is 3.37. The molecule has 0 aliphatic carbocycles. The van der Waals surface area contributed by atoms with Crippen LogP contribution in [0.4, 0.5) is 5.69 Å². The fraction of sp³-hybridized carbons (Fsp3) is 0.130. The number of carboxylic acids is 1. The SMILES string of the molecule is Cc1ccc(-c2cccc(Cl)c2)cc1C(=O)Nc1c(C)cc(C(=O)O)cc1C. The number of halogens is 1. The average molecular weight is 394 g/mol. The summed E-state index contributed by atoms with van der Waals surface area (Å²) in [7, 11) is 0. The lowest BCUT2D eigenvalue weighted by Crippen LogP contribution is -2.16. The van der Waals surface area contributed by atoms with E-state index in [1.54, 1.807) is 32.0 Å². The minimum absolute atomic E-state index is 0.201. The van der Waals surface area contributed by atoms with Gasteiger partial charge in [-0.3, -0.25) is 4.79 Å². The number of hydrogen-bond donors (Lipinski definition) is 2. The van der Waals surface area contributed by atoms with Crippen molar-refractivity contribution in [2.24, 2.45) is 0 Å². The Morgan fingerprint density at radius 2 is 1.50 bits per heavy atom. The first-order chi connectivity index (χ1) is 13.3. The van der Waals surface area contributed by atoms with Crippen LogP contribution in [0, 0.1) is 20.8 Å². The maximum absolute atomic E-state index is 13.0. The predicted molar refractivity (Wildman–Crippen MR) is 112 cm³/mol. The summed E-state index contributed by atoms with van der Waals surface area (Å²) < 4.78 is 0. The lowest BCUT2D eigenvalue weighted by atomic mass is 9.98. The highest BCUT2D eigenvalue weighted by atomic mass is 35.5. The molecule has 0 radical (unpaired) electrons. The Bertz CT molecular complexity index is 1070. The van der Waals surface area contributed by atoms with Crippen LogP contribution in [0.25, 0.3) is 11.1 Å². The first kappa shape index (κ1) is 19.6. The van der Waals surface area contributed by atoms with Gasteiger partial charge in [0.1, 0.15) is 0 Å². The first-order valence-corrected chi connectivity index (χ1v) is 9.16. The van der Waals surface area contributed by atoms with Gasteiger partial charge in [-0.1, -0.05) is 35.9 Å². The van der Waals surface area contributed by atoms with Gasteiger partial charge in [0, 0.05) is 16.3 Å². The molecule has 0 unspecified atom stereocenters. The van der Waals surface area contributed by atoms with Crippen molar-refractivity contribution >= 4 is 29.2 Å². The van der Waals surface area contributed by atoms with Crippen LogP contribution in [0.3, 0.4) is 0 Å². The van der Waals surface area contributed by atoms with E-state index in [9.17, 15) is 14.7 Å². The average Bonchev–Trinajstić information content (AvgIpc) is 2.64. The molecule has 0 saturated heterocycles. The monoisotopic (exact) mass is 393 g/mol. The van der Waals surface area contributed by atoms with E-state index in [1.807, 2.05) is 43.3 Å². The van der Waals surface area contributed by atoms with Gasteiger partial charge >= 0.3 is 5.97 Å². The van der Waals surface area contributed by atoms with Crippen molar-refractivity contribution in [3.63, 3.8) is 0 Å². The summed E-state index contributed by atoms with van der Waals surface area (Å²) in [6.07, 6.45) is 0. The molecular formula is C23H20ClNO3. The molecular weight excluding hydrogens is 374 g/mol. The maximum atomic E-state index is 13.0. The van der Waals surface area contributed by atoms with Gasteiger partial charge in [-0.05, 0) is 78.9 Å². The van der Waals surface area contributed by atoms with Crippen LogP contribution in [0.15, 0.2) is 54.6 Å². The van der Waals surface area contributed by atoms with Crippen LogP contribution in [-0.4, -0.2) is 17.0 Å². The third-order valence-electron chi connectivity index (χ3n) is 4.66. The Kier molecular flexibility index (Phi) is 5.52. The van der Waals surface area contributed by atoms with Gasteiger partial charge in [0.2, 0.25) is 0 Å². The standard InChI is InChI=1S/C23H20ClNO3/c1-13-7-8-17(16-5-4-6-19(24)11-16)12-20(13)22(26)25-21-14(2)9-18(23(27)28)10-15(21)3/h4-12H,1-3H3,(H,25,26)(H,27,28). The molecule has 1 amide bonds. The molecule has 28 heavy (non-hydrogen) atoms. The molecule has 4 nitrogen and oxygen atoms in total. The van der Waals surface area contributed by atoms with Gasteiger partial charge in [0.25, 0.3) is 5.91 Å². The number of nitrogens with one attached hydrogen (secondary N) is 1. The number of amides is 1. The van der Waals surface area contributed by atoms with Gasteiger partial charge in [-0.2, -0.15) is 0 Å². The predicted octanol–water partition coefficient (Wildman–Crippen LogP) is 5.88. The zero-order chi connectivity index (χ0) is 20.4. The molecule has 0 aromatic heterocycles. The molecule has 0 saturated carbocycles. The van der Waals surface area contributed by atoms with Gasteiger partial charge in [-0.25, -0.2) is 4.79 Å². The fourth-order valence-electron chi connectivity index (χ4n) is 3.18. The van der Waals surface area contributed by atoms with Crippen LogP contribution in [0.5, 0.6) is 0 Å². The molecule has 3 aromatic rings. The summed E-state index contributed by atoms with van der Waals surface area (Å²) in [6, 6.07) is 16.3. The number of carbonyl (C=O) groups excluding carboxylic acids is 1. The van der Waals surface area contributed by atoms with Crippen LogP contribution < -0.4 is 5.32 Å². The Balaban J connectivity index is 1.95. The van der Waals surface area contributed by atoms with Gasteiger partial charge in [0.05, 0.1) is 5.56 Å². The summed E-state index contributed by atoms with van der Waals surface area (Å²) in [6.45, 7) is 5.44. The summed E-state index contributed by atoms with van der Waals surface area (Å²) in [5, 5.41) is 12.7. The molecule has 0 aliphatic rings. The highest BCUT2D eigenvalue weighted by molar-refractivity contribution is 6.30. The lowest BCUT2D eigenvalue weighted by Gasteiger charge is -2.15. The molecule has 3 aromatic carbocycles. The van der Waals surface area contributed by atoms with E-state index in [0.717, 1.165) is 16.7 Å². The second-order valence-corrected chi connectivity index (χ2v) is 7.22. The summed E-state index contributed by atoms with van der Waals surface area (Å²) in [5.74, 6) is -1.23. The van der Waals surface area contributed by atoms with Crippen LogP contribution in [-0.2, 0) is 0 Å². The zero-order valence-electron chi connectivity index (χ0n) is 15.8. The Morgan fingerprint density at radius 1 is 0.857 bits per heavy atom. The highest BCUT2D eigenvalue weighted by Gasteiger charge is 2.15. The third kappa shape index (κ3) is 4.07. The number of rotatable bonds is 4. The van der Waals surface area contributed by atoms with Crippen molar-refractivity contribution < 1.29 is 14.7 Å². The molecule has 0 heterocycles. The molecule has 142 valence electrons. The molecule has 5 heteroatoms. The Hall–Kier alpha value is -3.11. The van der Waals surface area contributed by atoms with Crippen LogP contribution in [0.1, 0.15) is 37.4 Å².